The molecule has 1 N–H and O–H groups in total. The highest BCUT2D eigenvalue weighted by Gasteiger charge is 2.10. The van der Waals surface area contributed by atoms with E-state index in [1.54, 1.807) is 24.6 Å². The fourth-order valence-corrected chi connectivity index (χ4v) is 2.20. The lowest BCUT2D eigenvalue weighted by molar-refractivity contribution is 0.280. The van der Waals surface area contributed by atoms with Crippen molar-refractivity contribution in [1.82, 2.24) is 10.3 Å². The summed E-state index contributed by atoms with van der Waals surface area (Å²) in [6.07, 6.45) is 1.78. The van der Waals surface area contributed by atoms with E-state index in [9.17, 15) is 0 Å². The van der Waals surface area contributed by atoms with Gasteiger partial charge in [-0.05, 0) is 13.1 Å². The van der Waals surface area contributed by atoms with Crippen molar-refractivity contribution >= 4 is 11.3 Å². The lowest BCUT2D eigenvalue weighted by Crippen LogP contribution is -2.08. The molecule has 18 heavy (non-hydrogen) atoms. The van der Waals surface area contributed by atoms with Gasteiger partial charge in [0.25, 0.3) is 0 Å². The minimum Gasteiger partial charge on any atom is -0.493 e. The second kappa shape index (κ2) is 6.37. The van der Waals surface area contributed by atoms with E-state index in [4.69, 9.17) is 9.47 Å². The predicted octanol–water partition coefficient (Wildman–Crippen LogP) is 2.45. The van der Waals surface area contributed by atoms with Crippen LogP contribution in [0.4, 0.5) is 0 Å². The molecular weight excluding hydrogens is 248 g/mol. The number of methoxy groups -OCH3 is 1. The topological polar surface area (TPSA) is 43.4 Å². The van der Waals surface area contributed by atoms with E-state index >= 15 is 0 Å². The third-order valence-corrected chi connectivity index (χ3v) is 3.22. The first kappa shape index (κ1) is 12.9. The van der Waals surface area contributed by atoms with E-state index in [-0.39, 0.29) is 0 Å². The number of para-hydroxylation sites is 1. The quantitative estimate of drug-likeness (QED) is 0.870. The molecule has 96 valence electrons. The molecule has 0 atom stereocenters. The van der Waals surface area contributed by atoms with Gasteiger partial charge in [0.15, 0.2) is 11.5 Å². The molecule has 0 bridgehead atoms. The number of benzene rings is 1. The lowest BCUT2D eigenvalue weighted by atomic mass is 10.2. The molecule has 1 aromatic heterocycles. The predicted molar refractivity (Wildman–Crippen MR) is 72.2 cm³/mol. The number of aromatic nitrogens is 1. The van der Waals surface area contributed by atoms with Gasteiger partial charge < -0.3 is 14.8 Å². The van der Waals surface area contributed by atoms with Gasteiger partial charge in [0.2, 0.25) is 0 Å². The van der Waals surface area contributed by atoms with Gasteiger partial charge in [0.05, 0.1) is 7.11 Å². The highest BCUT2D eigenvalue weighted by Crippen LogP contribution is 2.31. The van der Waals surface area contributed by atoms with Crippen molar-refractivity contribution in [2.45, 2.75) is 13.2 Å². The highest BCUT2D eigenvalue weighted by atomic mass is 32.1. The standard InChI is InChI=1S/C13H16N2O2S/c1-14-8-10-4-3-5-11(16-2)13(10)17-9-12-15-6-7-18-12/h3-7,14H,8-9H2,1-2H3. The first-order valence-corrected chi connectivity index (χ1v) is 6.54. The monoisotopic (exact) mass is 264 g/mol. The van der Waals surface area contributed by atoms with Crippen LogP contribution in [0.5, 0.6) is 11.5 Å². The maximum atomic E-state index is 5.84. The third kappa shape index (κ3) is 3.00. The minimum absolute atomic E-state index is 0.467. The van der Waals surface area contributed by atoms with Gasteiger partial charge in [-0.3, -0.25) is 0 Å². The van der Waals surface area contributed by atoms with Crippen LogP contribution in [0, 0.1) is 0 Å². The third-order valence-electron chi connectivity index (χ3n) is 2.47. The smallest absolute Gasteiger partial charge is 0.166 e. The van der Waals surface area contributed by atoms with E-state index in [0.717, 1.165) is 28.6 Å². The Morgan fingerprint density at radius 2 is 2.28 bits per heavy atom. The molecule has 0 spiro atoms. The van der Waals surface area contributed by atoms with Crippen molar-refractivity contribution in [2.24, 2.45) is 0 Å². The SMILES string of the molecule is CNCc1cccc(OC)c1OCc1nccs1. The van der Waals surface area contributed by atoms with Crippen LogP contribution in [-0.4, -0.2) is 19.1 Å². The Balaban J connectivity index is 2.18. The first-order valence-electron chi connectivity index (χ1n) is 5.66. The summed E-state index contributed by atoms with van der Waals surface area (Å²) in [5.74, 6) is 1.53. The zero-order chi connectivity index (χ0) is 12.8. The molecule has 0 aliphatic carbocycles. The van der Waals surface area contributed by atoms with E-state index in [1.165, 1.54) is 0 Å². The summed E-state index contributed by atoms with van der Waals surface area (Å²) in [6, 6.07) is 5.88. The number of hydrogen-bond acceptors (Lipinski definition) is 5. The summed E-state index contributed by atoms with van der Waals surface area (Å²) in [5.41, 5.74) is 1.08. The van der Waals surface area contributed by atoms with Crippen LogP contribution in [-0.2, 0) is 13.2 Å². The summed E-state index contributed by atoms with van der Waals surface area (Å²) in [7, 11) is 3.55. The van der Waals surface area contributed by atoms with Crippen molar-refractivity contribution in [3.63, 3.8) is 0 Å². The summed E-state index contributed by atoms with van der Waals surface area (Å²) < 4.78 is 11.2. The minimum atomic E-state index is 0.467. The van der Waals surface area contributed by atoms with E-state index in [0.29, 0.717) is 6.61 Å². The van der Waals surface area contributed by atoms with Crippen molar-refractivity contribution in [3.05, 3.63) is 40.3 Å². The molecule has 0 aliphatic rings. The Morgan fingerprint density at radius 1 is 1.39 bits per heavy atom. The van der Waals surface area contributed by atoms with Crippen molar-refractivity contribution < 1.29 is 9.47 Å². The molecule has 0 unspecified atom stereocenters. The van der Waals surface area contributed by atoms with Crippen molar-refractivity contribution in [1.29, 1.82) is 0 Å². The molecule has 2 rings (SSSR count). The Hall–Kier alpha value is -1.59. The maximum absolute atomic E-state index is 5.84. The summed E-state index contributed by atoms with van der Waals surface area (Å²) in [6.45, 7) is 1.21. The van der Waals surface area contributed by atoms with E-state index in [1.807, 2.05) is 30.6 Å². The van der Waals surface area contributed by atoms with E-state index < -0.39 is 0 Å². The molecule has 0 aliphatic heterocycles. The zero-order valence-corrected chi connectivity index (χ0v) is 11.3. The van der Waals surface area contributed by atoms with Crippen LogP contribution >= 0.6 is 11.3 Å². The molecule has 0 saturated carbocycles. The summed E-state index contributed by atoms with van der Waals surface area (Å²) in [4.78, 5) is 4.20. The number of nitrogens with one attached hydrogen (secondary N) is 1. The molecule has 1 heterocycles. The zero-order valence-electron chi connectivity index (χ0n) is 10.5. The van der Waals surface area contributed by atoms with Gasteiger partial charge in [-0.2, -0.15) is 0 Å². The number of rotatable bonds is 6. The number of hydrogen-bond donors (Lipinski definition) is 1. The maximum Gasteiger partial charge on any atom is 0.166 e. The molecule has 5 heteroatoms. The number of ether oxygens (including phenoxy) is 2. The lowest BCUT2D eigenvalue weighted by Gasteiger charge is -2.14. The number of thiazole rings is 1. The molecule has 1 aromatic carbocycles. The van der Waals surface area contributed by atoms with Gasteiger partial charge >= 0.3 is 0 Å². The Morgan fingerprint density at radius 3 is 2.94 bits per heavy atom. The van der Waals surface area contributed by atoms with Gasteiger partial charge in [0, 0.05) is 23.7 Å². The molecule has 0 saturated heterocycles. The highest BCUT2D eigenvalue weighted by molar-refractivity contribution is 7.09. The average molecular weight is 264 g/mol. The molecule has 0 amide bonds. The Kier molecular flexibility index (Phi) is 4.55. The van der Waals surface area contributed by atoms with Crippen molar-refractivity contribution in [2.75, 3.05) is 14.2 Å². The molecule has 0 fully saturated rings. The largest absolute Gasteiger partial charge is 0.493 e. The molecular formula is C13H16N2O2S. The Labute approximate surface area is 111 Å². The first-order chi connectivity index (χ1) is 8.85. The fourth-order valence-electron chi connectivity index (χ4n) is 1.67. The van der Waals surface area contributed by atoms with Crippen molar-refractivity contribution in [3.8, 4) is 11.5 Å². The van der Waals surface area contributed by atoms with Gasteiger partial charge in [0.1, 0.15) is 11.6 Å². The van der Waals surface area contributed by atoms with Crippen LogP contribution in [0.1, 0.15) is 10.6 Å². The van der Waals surface area contributed by atoms with Gasteiger partial charge in [-0.25, -0.2) is 4.98 Å². The van der Waals surface area contributed by atoms with Crippen LogP contribution in [0.15, 0.2) is 29.8 Å². The summed E-state index contributed by atoms with van der Waals surface area (Å²) >= 11 is 1.58. The second-order valence-electron chi connectivity index (χ2n) is 3.69. The van der Waals surface area contributed by atoms with Crippen LogP contribution in [0.25, 0.3) is 0 Å². The van der Waals surface area contributed by atoms with Crippen LogP contribution < -0.4 is 14.8 Å². The molecule has 4 nitrogen and oxygen atoms in total. The fraction of sp³-hybridized carbons (Fsp3) is 0.308. The number of nitrogens with zero attached hydrogens (tertiary/aromatic N) is 1. The summed E-state index contributed by atoms with van der Waals surface area (Å²) in [5, 5.41) is 6.02. The molecule has 0 radical (unpaired) electrons. The average Bonchev–Trinajstić information content (AvgIpc) is 2.90. The van der Waals surface area contributed by atoms with Crippen LogP contribution in [0.3, 0.4) is 0 Å². The normalized spacial score (nSPS) is 10.3. The molecule has 2 aromatic rings. The van der Waals surface area contributed by atoms with Gasteiger partial charge in [-0.15, -0.1) is 11.3 Å². The van der Waals surface area contributed by atoms with Crippen LogP contribution in [0.2, 0.25) is 0 Å². The second-order valence-corrected chi connectivity index (χ2v) is 4.67. The van der Waals surface area contributed by atoms with E-state index in [2.05, 4.69) is 10.3 Å². The van der Waals surface area contributed by atoms with Gasteiger partial charge in [-0.1, -0.05) is 12.1 Å². The Bertz CT molecular complexity index is 486.